The lowest BCUT2D eigenvalue weighted by Gasteiger charge is -2.43. The summed E-state index contributed by atoms with van der Waals surface area (Å²) >= 11 is 0. The molecule has 3 fully saturated rings. The number of aliphatic hydroxyl groups is 1. The predicted octanol–water partition coefficient (Wildman–Crippen LogP) is 0.308. The Morgan fingerprint density at radius 1 is 1.22 bits per heavy atom. The zero-order valence-electron chi connectivity index (χ0n) is 14.0. The zero-order chi connectivity index (χ0) is 17.0. The summed E-state index contributed by atoms with van der Waals surface area (Å²) in [5.74, 6) is -3.83. The Hall–Kier alpha value is -0.770. The van der Waals surface area contributed by atoms with Gasteiger partial charge in [0.15, 0.2) is 11.6 Å². The molecule has 0 unspecified atom stereocenters. The summed E-state index contributed by atoms with van der Waals surface area (Å²) in [6.07, 6.45) is -3.04. The third-order valence-corrected chi connectivity index (χ3v) is 4.26. The van der Waals surface area contributed by atoms with Crippen LogP contribution < -0.4 is 0 Å². The van der Waals surface area contributed by atoms with Crippen molar-refractivity contribution in [1.82, 2.24) is 0 Å². The van der Waals surface area contributed by atoms with Crippen molar-refractivity contribution < 1.29 is 38.3 Å². The van der Waals surface area contributed by atoms with Crippen molar-refractivity contribution in [3.63, 3.8) is 0 Å². The highest BCUT2D eigenvalue weighted by molar-refractivity contribution is 5.69. The summed E-state index contributed by atoms with van der Waals surface area (Å²) < 4.78 is 34.0. The third-order valence-electron chi connectivity index (χ3n) is 4.26. The molecule has 23 heavy (non-hydrogen) atoms. The number of carbonyl (C=O) groups is 1. The number of esters is 1. The van der Waals surface area contributed by atoms with E-state index in [4.69, 9.17) is 23.7 Å². The number of hydrogen-bond donors (Lipinski definition) is 1. The first kappa shape index (κ1) is 17.1. The number of ether oxygens (including phenoxy) is 6. The van der Waals surface area contributed by atoms with Crippen molar-refractivity contribution in [1.29, 1.82) is 0 Å². The fraction of sp³-hybridized carbons (Fsp3) is 0.933. The van der Waals surface area contributed by atoms with Crippen LogP contribution in [0.4, 0.5) is 0 Å². The van der Waals surface area contributed by atoms with E-state index in [1.807, 2.05) is 0 Å². The maximum absolute atomic E-state index is 11.6. The minimum atomic E-state index is -1.50. The van der Waals surface area contributed by atoms with Gasteiger partial charge in [0.05, 0.1) is 20.1 Å². The van der Waals surface area contributed by atoms with Crippen LogP contribution in [0.25, 0.3) is 0 Å². The monoisotopic (exact) mass is 332 g/mol. The molecule has 132 valence electrons. The molecular weight excluding hydrogens is 308 g/mol. The Balaban J connectivity index is 1.89. The average Bonchev–Trinajstić information content (AvgIpc) is 2.90. The molecule has 8 nitrogen and oxygen atoms in total. The number of carbonyl (C=O) groups excluding carboxylic acids is 1. The summed E-state index contributed by atoms with van der Waals surface area (Å²) in [6, 6.07) is 0. The molecule has 0 amide bonds. The van der Waals surface area contributed by atoms with Gasteiger partial charge in [-0.25, -0.2) is 0 Å². The molecule has 0 spiro atoms. The molecule has 3 aliphatic rings. The van der Waals surface area contributed by atoms with Crippen LogP contribution in [0.3, 0.4) is 0 Å². The second kappa shape index (κ2) is 5.37. The zero-order valence-corrected chi connectivity index (χ0v) is 14.0. The van der Waals surface area contributed by atoms with Gasteiger partial charge in [0.25, 0.3) is 0 Å². The first-order valence-electron chi connectivity index (χ1n) is 7.71. The second-order valence-corrected chi connectivity index (χ2v) is 7.01. The molecule has 5 atom stereocenters. The smallest absolute Gasteiger partial charge is 0.308 e. The number of rotatable bonds is 3. The van der Waals surface area contributed by atoms with Gasteiger partial charge in [0.2, 0.25) is 5.79 Å². The van der Waals surface area contributed by atoms with E-state index in [1.54, 1.807) is 27.7 Å². The van der Waals surface area contributed by atoms with Gasteiger partial charge < -0.3 is 33.5 Å². The van der Waals surface area contributed by atoms with E-state index in [-0.39, 0.29) is 19.1 Å². The molecule has 3 saturated heterocycles. The second-order valence-electron chi connectivity index (χ2n) is 7.01. The summed E-state index contributed by atoms with van der Waals surface area (Å²) in [7, 11) is 1.26. The van der Waals surface area contributed by atoms with Gasteiger partial charge in [-0.2, -0.15) is 0 Å². The van der Waals surface area contributed by atoms with Crippen LogP contribution in [0, 0.1) is 0 Å². The van der Waals surface area contributed by atoms with E-state index in [0.717, 1.165) is 0 Å². The van der Waals surface area contributed by atoms with Gasteiger partial charge in [-0.05, 0) is 27.7 Å². The number of methoxy groups -OCH3 is 1. The molecule has 0 aromatic heterocycles. The van der Waals surface area contributed by atoms with Crippen LogP contribution >= 0.6 is 0 Å². The quantitative estimate of drug-likeness (QED) is 0.738. The van der Waals surface area contributed by atoms with Crippen LogP contribution in [-0.2, 0) is 33.2 Å². The van der Waals surface area contributed by atoms with Gasteiger partial charge in [0.1, 0.15) is 24.4 Å². The Kier molecular flexibility index (Phi) is 3.98. The van der Waals surface area contributed by atoms with Crippen molar-refractivity contribution in [2.24, 2.45) is 0 Å². The lowest BCUT2D eigenvalue weighted by atomic mass is 9.91. The largest absolute Gasteiger partial charge is 0.469 e. The van der Waals surface area contributed by atoms with Crippen LogP contribution in [0.1, 0.15) is 34.1 Å². The van der Waals surface area contributed by atoms with Gasteiger partial charge in [-0.3, -0.25) is 4.79 Å². The Morgan fingerprint density at radius 3 is 2.57 bits per heavy atom. The molecular formula is C15H24O8. The normalized spacial score (nSPS) is 41.9. The molecule has 3 rings (SSSR count). The number of hydrogen-bond acceptors (Lipinski definition) is 8. The van der Waals surface area contributed by atoms with Crippen molar-refractivity contribution >= 4 is 5.97 Å². The van der Waals surface area contributed by atoms with Gasteiger partial charge in [-0.15, -0.1) is 0 Å². The maximum Gasteiger partial charge on any atom is 0.308 e. The summed E-state index contributed by atoms with van der Waals surface area (Å²) in [5, 5.41) is 10.6. The molecule has 3 heterocycles. The molecule has 0 aliphatic carbocycles. The first-order chi connectivity index (χ1) is 10.6. The molecule has 0 saturated carbocycles. The van der Waals surface area contributed by atoms with Crippen molar-refractivity contribution in [2.45, 2.75) is 75.9 Å². The Morgan fingerprint density at radius 2 is 1.91 bits per heavy atom. The van der Waals surface area contributed by atoms with Crippen LogP contribution in [0.5, 0.6) is 0 Å². The van der Waals surface area contributed by atoms with Crippen molar-refractivity contribution in [3.05, 3.63) is 0 Å². The lowest BCUT2D eigenvalue weighted by Crippen LogP contribution is -2.64. The number of aliphatic hydroxyl groups excluding tert-OH is 1. The topological polar surface area (TPSA) is 92.7 Å². The highest BCUT2D eigenvalue weighted by Crippen LogP contribution is 2.49. The maximum atomic E-state index is 11.6. The lowest BCUT2D eigenvalue weighted by molar-refractivity contribution is -0.318. The van der Waals surface area contributed by atoms with Crippen LogP contribution in [0.2, 0.25) is 0 Å². The Bertz CT molecular complexity index is 490. The van der Waals surface area contributed by atoms with E-state index >= 15 is 0 Å². The molecule has 0 radical (unpaired) electrons. The standard InChI is InChI=1S/C15H24O8/c1-13(2)20-8-7-19-15(9(16)6-10(17)18-5)12(11(8)21-13)22-14(3,4)23-15/h8-9,11-12,16H,6-7H2,1-5H3/t8-,9-,11-,12+,15+/m1/s1. The molecule has 8 heteroatoms. The van der Waals surface area contributed by atoms with Crippen molar-refractivity contribution in [2.75, 3.05) is 13.7 Å². The van der Waals surface area contributed by atoms with E-state index in [2.05, 4.69) is 4.74 Å². The van der Waals surface area contributed by atoms with E-state index in [1.165, 1.54) is 7.11 Å². The summed E-state index contributed by atoms with van der Waals surface area (Å²) in [6.45, 7) is 7.22. The third kappa shape index (κ3) is 2.88. The molecule has 0 bridgehead atoms. The molecule has 0 aromatic rings. The summed E-state index contributed by atoms with van der Waals surface area (Å²) in [5.41, 5.74) is 0. The summed E-state index contributed by atoms with van der Waals surface area (Å²) in [4.78, 5) is 11.6. The van der Waals surface area contributed by atoms with Gasteiger partial charge >= 0.3 is 5.97 Å². The fourth-order valence-electron chi connectivity index (χ4n) is 3.46. The van der Waals surface area contributed by atoms with Gasteiger partial charge in [0, 0.05) is 0 Å². The molecule has 3 aliphatic heterocycles. The van der Waals surface area contributed by atoms with Gasteiger partial charge in [-0.1, -0.05) is 0 Å². The first-order valence-corrected chi connectivity index (χ1v) is 7.71. The minimum absolute atomic E-state index is 0.169. The highest BCUT2D eigenvalue weighted by atomic mass is 16.9. The van der Waals surface area contributed by atoms with E-state index in [9.17, 15) is 9.90 Å². The Labute approximate surface area is 134 Å². The number of fused-ring (bicyclic) bond motifs is 3. The molecule has 0 aromatic carbocycles. The minimum Gasteiger partial charge on any atom is -0.469 e. The van der Waals surface area contributed by atoms with Crippen LogP contribution in [0.15, 0.2) is 0 Å². The predicted molar refractivity (Wildman–Crippen MR) is 75.2 cm³/mol. The molecule has 1 N–H and O–H groups in total. The average molecular weight is 332 g/mol. The highest BCUT2D eigenvalue weighted by Gasteiger charge is 2.68. The van der Waals surface area contributed by atoms with E-state index < -0.39 is 41.6 Å². The van der Waals surface area contributed by atoms with Crippen molar-refractivity contribution in [3.8, 4) is 0 Å². The van der Waals surface area contributed by atoms with E-state index in [0.29, 0.717) is 0 Å². The SMILES string of the molecule is COC(=O)C[C@@H](O)[C@@]12OC[C@H]3OC(C)(C)O[C@H]3[C@@H]1OC(C)(C)O2. The van der Waals surface area contributed by atoms with Crippen LogP contribution in [-0.4, -0.2) is 66.6 Å². The fourth-order valence-corrected chi connectivity index (χ4v) is 3.46.